The molecule has 0 spiro atoms. The third kappa shape index (κ3) is 22.6. The minimum absolute atomic E-state index is 1.20. The fourth-order valence-electron chi connectivity index (χ4n) is 1.03. The predicted molar refractivity (Wildman–Crippen MR) is 67.8 cm³/mol. The van der Waals surface area contributed by atoms with Crippen LogP contribution in [0.4, 0.5) is 0 Å². The zero-order valence-corrected chi connectivity index (χ0v) is 10.9. The summed E-state index contributed by atoms with van der Waals surface area (Å²) in [5, 5.41) is 0. The summed E-state index contributed by atoms with van der Waals surface area (Å²) in [5.74, 6) is 0. The van der Waals surface area contributed by atoms with Crippen LogP contribution >= 0.6 is 0 Å². The van der Waals surface area contributed by atoms with Crippen LogP contribution in [0, 0.1) is 0 Å². The number of hydrogen-bond acceptors (Lipinski definition) is 1. The van der Waals surface area contributed by atoms with Crippen molar-refractivity contribution in [1.29, 1.82) is 0 Å². The monoisotopic (exact) mass is 199 g/mol. The molecule has 0 saturated heterocycles. The molecular formula is C13H29N. The highest BCUT2D eigenvalue weighted by molar-refractivity contribution is 4.86. The maximum atomic E-state index is 3.88. The Labute approximate surface area is 91.2 Å². The molecule has 1 nitrogen and oxygen atoms in total. The molecular weight excluding hydrogens is 170 g/mol. The van der Waals surface area contributed by atoms with Crippen molar-refractivity contribution in [3.63, 3.8) is 0 Å². The molecule has 0 amide bonds. The lowest BCUT2D eigenvalue weighted by atomic mass is 10.1. The Morgan fingerprint density at radius 3 is 1.93 bits per heavy atom. The van der Waals surface area contributed by atoms with Crippen LogP contribution in [0.3, 0.4) is 0 Å². The molecule has 0 saturated carbocycles. The quantitative estimate of drug-likeness (QED) is 0.460. The summed E-state index contributed by atoms with van der Waals surface area (Å²) in [7, 11) is 4.25. The van der Waals surface area contributed by atoms with Crippen molar-refractivity contribution >= 4 is 0 Å². The Kier molecular flexibility index (Phi) is 14.6. The van der Waals surface area contributed by atoms with Gasteiger partial charge in [-0.25, -0.2) is 0 Å². The zero-order valence-electron chi connectivity index (χ0n) is 10.9. The second-order valence-corrected chi connectivity index (χ2v) is 4.28. The van der Waals surface area contributed by atoms with Gasteiger partial charge in [-0.15, -0.1) is 6.58 Å². The van der Waals surface area contributed by atoms with E-state index in [4.69, 9.17) is 0 Å². The maximum absolute atomic E-state index is 3.88. The second-order valence-electron chi connectivity index (χ2n) is 4.28. The molecule has 1 heteroatoms. The van der Waals surface area contributed by atoms with Gasteiger partial charge < -0.3 is 4.90 Å². The van der Waals surface area contributed by atoms with Crippen molar-refractivity contribution in [3.05, 3.63) is 12.2 Å². The molecule has 0 bridgehead atoms. The molecule has 0 rings (SSSR count). The maximum Gasteiger partial charge on any atom is -0.00248 e. The highest BCUT2D eigenvalue weighted by Crippen LogP contribution is 2.05. The Hall–Kier alpha value is -0.300. The van der Waals surface area contributed by atoms with E-state index in [1.54, 1.807) is 0 Å². The minimum atomic E-state index is 1.20. The summed E-state index contributed by atoms with van der Waals surface area (Å²) >= 11 is 0. The Morgan fingerprint density at radius 2 is 1.57 bits per heavy atom. The lowest BCUT2D eigenvalue weighted by molar-refractivity contribution is 0.391. The first kappa shape index (κ1) is 16.1. The number of rotatable bonds is 6. The third-order valence-corrected chi connectivity index (χ3v) is 1.71. The molecule has 0 aromatic heterocycles. The van der Waals surface area contributed by atoms with Gasteiger partial charge in [0.2, 0.25) is 0 Å². The van der Waals surface area contributed by atoms with Crippen molar-refractivity contribution in [2.24, 2.45) is 0 Å². The first-order valence-electron chi connectivity index (χ1n) is 5.83. The number of nitrogens with zero attached hydrogens (tertiary/aromatic N) is 1. The van der Waals surface area contributed by atoms with Gasteiger partial charge in [-0.2, -0.15) is 0 Å². The van der Waals surface area contributed by atoms with E-state index < -0.39 is 0 Å². The summed E-state index contributed by atoms with van der Waals surface area (Å²) in [6.07, 6.45) is 6.42. The summed E-state index contributed by atoms with van der Waals surface area (Å²) in [4.78, 5) is 2.24. The number of hydrogen-bond donors (Lipinski definition) is 0. The van der Waals surface area contributed by atoms with Crippen LogP contribution in [0.15, 0.2) is 12.2 Å². The van der Waals surface area contributed by atoms with Crippen LogP contribution in [0.2, 0.25) is 0 Å². The van der Waals surface area contributed by atoms with Gasteiger partial charge in [0.1, 0.15) is 0 Å². The van der Waals surface area contributed by atoms with Crippen molar-refractivity contribution in [3.8, 4) is 0 Å². The van der Waals surface area contributed by atoms with Crippen molar-refractivity contribution in [1.82, 2.24) is 4.90 Å². The van der Waals surface area contributed by atoms with Crippen LogP contribution < -0.4 is 0 Å². The summed E-state index contributed by atoms with van der Waals surface area (Å²) in [6, 6.07) is 0. The molecule has 0 heterocycles. The molecule has 0 N–H and O–H groups in total. The van der Waals surface area contributed by atoms with Crippen molar-refractivity contribution < 1.29 is 0 Å². The lowest BCUT2D eigenvalue weighted by Gasteiger charge is -2.08. The molecule has 0 atom stereocenters. The molecule has 0 aliphatic carbocycles. The second kappa shape index (κ2) is 12.7. The van der Waals surface area contributed by atoms with Crippen molar-refractivity contribution in [2.45, 2.75) is 52.9 Å². The van der Waals surface area contributed by atoms with Gasteiger partial charge in [0, 0.05) is 0 Å². The van der Waals surface area contributed by atoms with Crippen LogP contribution in [0.25, 0.3) is 0 Å². The highest BCUT2D eigenvalue weighted by atomic mass is 15.0. The van der Waals surface area contributed by atoms with E-state index in [-0.39, 0.29) is 0 Å². The standard InChI is InChI=1S/C10H21N.C3H8/c1-10(2)8-6-5-7-9-11(3)4;1-3-2/h1,5-9H2,2-4H3;3H2,1-2H3. The largest absolute Gasteiger partial charge is 0.309 e. The van der Waals surface area contributed by atoms with E-state index in [0.717, 1.165) is 0 Å². The van der Waals surface area contributed by atoms with Crippen LogP contribution in [-0.4, -0.2) is 25.5 Å². The van der Waals surface area contributed by atoms with E-state index in [9.17, 15) is 0 Å². The van der Waals surface area contributed by atoms with Gasteiger partial charge in [0.05, 0.1) is 0 Å². The van der Waals surface area contributed by atoms with Gasteiger partial charge in [0.15, 0.2) is 0 Å². The predicted octanol–water partition coefficient (Wildman–Crippen LogP) is 4.10. The summed E-state index contributed by atoms with van der Waals surface area (Å²) in [6.45, 7) is 11.4. The SMILES string of the molecule is C=C(C)CCCCCN(C)C.CCC. The zero-order chi connectivity index (χ0) is 11.4. The summed E-state index contributed by atoms with van der Waals surface area (Å²) < 4.78 is 0. The minimum Gasteiger partial charge on any atom is -0.309 e. The molecule has 0 aromatic rings. The molecule has 0 aromatic carbocycles. The molecule has 14 heavy (non-hydrogen) atoms. The number of unbranched alkanes of at least 4 members (excludes halogenated alkanes) is 2. The van der Waals surface area contributed by atoms with Crippen LogP contribution in [0.5, 0.6) is 0 Å². The molecule has 0 aliphatic heterocycles. The third-order valence-electron chi connectivity index (χ3n) is 1.71. The molecule has 0 radical (unpaired) electrons. The Bertz CT molecular complexity index is 116. The lowest BCUT2D eigenvalue weighted by Crippen LogP contribution is -2.12. The average molecular weight is 199 g/mol. The van der Waals surface area contributed by atoms with E-state index in [2.05, 4.69) is 46.3 Å². The molecule has 0 fully saturated rings. The fourth-order valence-corrected chi connectivity index (χ4v) is 1.03. The van der Waals surface area contributed by atoms with Crippen LogP contribution in [-0.2, 0) is 0 Å². The van der Waals surface area contributed by atoms with Gasteiger partial charge in [-0.05, 0) is 46.8 Å². The van der Waals surface area contributed by atoms with E-state index in [1.165, 1.54) is 44.2 Å². The first-order chi connectivity index (χ1) is 6.54. The fraction of sp³-hybridized carbons (Fsp3) is 0.846. The van der Waals surface area contributed by atoms with Gasteiger partial charge >= 0.3 is 0 Å². The number of allylic oxidation sites excluding steroid dienone is 1. The first-order valence-corrected chi connectivity index (χ1v) is 5.83. The normalized spacial score (nSPS) is 9.57. The topological polar surface area (TPSA) is 3.24 Å². The molecule has 0 aliphatic rings. The van der Waals surface area contributed by atoms with Gasteiger partial charge in [-0.3, -0.25) is 0 Å². The van der Waals surface area contributed by atoms with Crippen molar-refractivity contribution in [2.75, 3.05) is 20.6 Å². The van der Waals surface area contributed by atoms with E-state index >= 15 is 0 Å². The van der Waals surface area contributed by atoms with Crippen LogP contribution in [0.1, 0.15) is 52.9 Å². The molecule has 86 valence electrons. The van der Waals surface area contributed by atoms with E-state index in [1.807, 2.05) is 0 Å². The highest BCUT2D eigenvalue weighted by Gasteiger charge is 1.91. The van der Waals surface area contributed by atoms with Gasteiger partial charge in [0.25, 0.3) is 0 Å². The smallest absolute Gasteiger partial charge is 0.00248 e. The summed E-state index contributed by atoms with van der Waals surface area (Å²) in [5.41, 5.74) is 1.31. The van der Waals surface area contributed by atoms with E-state index in [0.29, 0.717) is 0 Å². The Balaban J connectivity index is 0. The molecule has 0 unspecified atom stereocenters. The average Bonchev–Trinajstić information content (AvgIpc) is 2.04. The van der Waals surface area contributed by atoms with Gasteiger partial charge in [-0.1, -0.05) is 32.3 Å². The Morgan fingerprint density at radius 1 is 1.07 bits per heavy atom.